The maximum Gasteiger partial charge on any atom is 0.408 e. The zero-order valence-corrected chi connectivity index (χ0v) is 30.3. The molecule has 2 aromatic carbocycles. The highest BCUT2D eigenvalue weighted by Gasteiger charge is 2.40. The number of rotatable bonds is 14. The third-order valence-electron chi connectivity index (χ3n) is 7.58. The quantitative estimate of drug-likeness (QED) is 0.164. The molecule has 1 unspecified atom stereocenters. The summed E-state index contributed by atoms with van der Waals surface area (Å²) in [4.78, 5) is 68.9. The molecular weight excluding hydrogens is 644 g/mol. The number of ether oxygens (including phenoxy) is 4. The lowest BCUT2D eigenvalue weighted by molar-refractivity contribution is -0.163. The summed E-state index contributed by atoms with van der Waals surface area (Å²) in [5, 5.41) is 5.44. The van der Waals surface area contributed by atoms with E-state index in [-0.39, 0.29) is 39.1 Å². The Morgan fingerprint density at radius 1 is 0.840 bits per heavy atom. The highest BCUT2D eigenvalue weighted by atomic mass is 16.6. The van der Waals surface area contributed by atoms with Gasteiger partial charge in [-0.2, -0.15) is 0 Å². The molecule has 13 nitrogen and oxygen atoms in total. The fraction of sp³-hybridized carbons (Fsp3) is 0.541. The molecule has 2 atom stereocenters. The van der Waals surface area contributed by atoms with Crippen molar-refractivity contribution >= 4 is 30.0 Å². The number of benzene rings is 2. The van der Waals surface area contributed by atoms with Gasteiger partial charge in [-0.3, -0.25) is 14.4 Å². The number of hydrogen-bond acceptors (Lipinski definition) is 9. The van der Waals surface area contributed by atoms with Gasteiger partial charge in [-0.05, 0) is 84.1 Å². The van der Waals surface area contributed by atoms with Crippen molar-refractivity contribution < 1.29 is 42.9 Å². The summed E-state index contributed by atoms with van der Waals surface area (Å²) in [5.41, 5.74) is 0.177. The van der Waals surface area contributed by atoms with E-state index in [9.17, 15) is 24.0 Å². The average Bonchev–Trinajstić information content (AvgIpc) is 3.03. The molecule has 0 bridgehead atoms. The Bertz CT molecular complexity index is 1440. The summed E-state index contributed by atoms with van der Waals surface area (Å²) in [6, 6.07) is 14.3. The van der Waals surface area contributed by atoms with E-state index < -0.39 is 53.3 Å². The second kappa shape index (κ2) is 18.3. The number of nitrogens with zero attached hydrogens (tertiary/aromatic N) is 2. The molecule has 0 radical (unpaired) electrons. The first-order valence-corrected chi connectivity index (χ1v) is 16.9. The molecule has 0 aliphatic carbocycles. The molecule has 2 N–H and O–H groups in total. The van der Waals surface area contributed by atoms with Crippen molar-refractivity contribution in [3.05, 3.63) is 65.7 Å². The van der Waals surface area contributed by atoms with E-state index in [2.05, 4.69) is 10.6 Å². The second-order valence-corrected chi connectivity index (χ2v) is 14.1. The molecule has 0 spiro atoms. The van der Waals surface area contributed by atoms with Crippen LogP contribution in [0, 0.1) is 0 Å². The number of unbranched alkanes of at least 4 members (excludes halogenated alkanes) is 1. The van der Waals surface area contributed by atoms with Gasteiger partial charge in [-0.15, -0.1) is 0 Å². The summed E-state index contributed by atoms with van der Waals surface area (Å²) < 4.78 is 21.5. The van der Waals surface area contributed by atoms with Gasteiger partial charge in [0.05, 0.1) is 7.11 Å². The lowest BCUT2D eigenvalue weighted by Gasteiger charge is -2.42. The first kappa shape index (κ1) is 39.6. The number of carbonyl (C=O) groups excluding carboxylic acids is 5. The molecule has 1 aliphatic heterocycles. The van der Waals surface area contributed by atoms with Crippen LogP contribution in [0.5, 0.6) is 5.75 Å². The third-order valence-corrected chi connectivity index (χ3v) is 7.58. The number of nitrogens with one attached hydrogen (secondary N) is 2. The van der Waals surface area contributed by atoms with Gasteiger partial charge in [0.2, 0.25) is 11.8 Å². The van der Waals surface area contributed by atoms with Gasteiger partial charge >= 0.3 is 18.2 Å². The van der Waals surface area contributed by atoms with Crippen molar-refractivity contribution in [2.45, 2.75) is 97.1 Å². The molecule has 0 aromatic heterocycles. The number of piperazine rings is 1. The van der Waals surface area contributed by atoms with Gasteiger partial charge in [0.1, 0.15) is 42.2 Å². The van der Waals surface area contributed by atoms with Crippen LogP contribution in [-0.4, -0.2) is 96.3 Å². The maximum absolute atomic E-state index is 14.3. The van der Waals surface area contributed by atoms with Crippen LogP contribution in [0.1, 0.15) is 71.9 Å². The molecule has 50 heavy (non-hydrogen) atoms. The number of amides is 4. The number of alkyl carbamates (subject to hydrolysis) is 2. The van der Waals surface area contributed by atoms with Crippen LogP contribution in [0.15, 0.2) is 54.6 Å². The zero-order valence-electron chi connectivity index (χ0n) is 30.3. The molecular formula is C37H52N4O9. The smallest absolute Gasteiger partial charge is 0.408 e. The Kier molecular flexibility index (Phi) is 14.5. The first-order valence-electron chi connectivity index (χ1n) is 16.9. The number of hydrogen-bond donors (Lipinski definition) is 2. The van der Waals surface area contributed by atoms with Crippen LogP contribution in [0.3, 0.4) is 0 Å². The molecule has 4 amide bonds. The molecule has 0 saturated carbocycles. The molecule has 13 heteroatoms. The van der Waals surface area contributed by atoms with Gasteiger partial charge in [0.25, 0.3) is 0 Å². The van der Waals surface area contributed by atoms with E-state index in [0.717, 1.165) is 11.1 Å². The fourth-order valence-electron chi connectivity index (χ4n) is 5.34. The lowest BCUT2D eigenvalue weighted by Crippen LogP contribution is -2.63. The van der Waals surface area contributed by atoms with Gasteiger partial charge in [0, 0.05) is 26.1 Å². The van der Waals surface area contributed by atoms with E-state index in [0.29, 0.717) is 25.1 Å². The summed E-state index contributed by atoms with van der Waals surface area (Å²) >= 11 is 0. The highest BCUT2D eigenvalue weighted by Crippen LogP contribution is 2.21. The van der Waals surface area contributed by atoms with E-state index in [1.807, 2.05) is 30.3 Å². The van der Waals surface area contributed by atoms with Gasteiger partial charge in [-0.25, -0.2) is 9.59 Å². The zero-order chi connectivity index (χ0) is 36.9. The largest absolute Gasteiger partial charge is 0.497 e. The van der Waals surface area contributed by atoms with Crippen molar-refractivity contribution in [2.75, 3.05) is 33.3 Å². The van der Waals surface area contributed by atoms with Crippen LogP contribution < -0.4 is 15.4 Å². The van der Waals surface area contributed by atoms with Crippen LogP contribution in [-0.2, 0) is 41.6 Å². The molecule has 1 heterocycles. The Hall–Kier alpha value is -4.81. The maximum atomic E-state index is 14.3. The van der Waals surface area contributed by atoms with Crippen LogP contribution in [0.4, 0.5) is 9.59 Å². The monoisotopic (exact) mass is 696 g/mol. The number of carbonyl (C=O) groups is 5. The Balaban J connectivity index is 1.79. The van der Waals surface area contributed by atoms with Gasteiger partial charge in [0.15, 0.2) is 0 Å². The van der Waals surface area contributed by atoms with Crippen molar-refractivity contribution in [3.8, 4) is 5.75 Å². The molecule has 3 rings (SSSR count). The van der Waals surface area contributed by atoms with Gasteiger partial charge in [-0.1, -0.05) is 42.5 Å². The van der Waals surface area contributed by atoms with E-state index >= 15 is 0 Å². The van der Waals surface area contributed by atoms with Crippen LogP contribution >= 0.6 is 0 Å². The normalized spacial score (nSPS) is 15.5. The summed E-state index contributed by atoms with van der Waals surface area (Å²) in [7, 11) is 1.55. The molecule has 1 fully saturated rings. The predicted octanol–water partition coefficient (Wildman–Crippen LogP) is 4.61. The second-order valence-electron chi connectivity index (χ2n) is 14.1. The van der Waals surface area contributed by atoms with Crippen molar-refractivity contribution in [3.63, 3.8) is 0 Å². The molecule has 1 saturated heterocycles. The van der Waals surface area contributed by atoms with E-state index in [4.69, 9.17) is 18.9 Å². The minimum atomic E-state index is -1.06. The topological polar surface area (TPSA) is 153 Å². The minimum Gasteiger partial charge on any atom is -0.497 e. The van der Waals surface area contributed by atoms with Crippen molar-refractivity contribution in [2.24, 2.45) is 0 Å². The summed E-state index contributed by atoms with van der Waals surface area (Å²) in [6.07, 6.45) is 0.0578. The van der Waals surface area contributed by atoms with E-state index in [1.54, 1.807) is 72.9 Å². The van der Waals surface area contributed by atoms with Crippen LogP contribution in [0.2, 0.25) is 0 Å². The van der Waals surface area contributed by atoms with Crippen molar-refractivity contribution in [1.29, 1.82) is 0 Å². The van der Waals surface area contributed by atoms with Crippen molar-refractivity contribution in [1.82, 2.24) is 20.4 Å². The SMILES string of the molecule is COc1ccc(CC(NC(=O)OCc2ccccc2)C(=O)N2CCN(CC(=O)OC(C)(C)C)C(=O)[C@@H]2CCCCNC(=O)OC(C)(C)C)cc1. The van der Waals surface area contributed by atoms with Gasteiger partial charge < -0.3 is 39.4 Å². The Labute approximate surface area is 294 Å². The molecule has 1 aliphatic rings. The van der Waals surface area contributed by atoms with E-state index in [1.165, 1.54) is 9.80 Å². The third kappa shape index (κ3) is 13.6. The lowest BCUT2D eigenvalue weighted by atomic mass is 9.99. The first-order chi connectivity index (χ1) is 23.5. The Morgan fingerprint density at radius 3 is 2.12 bits per heavy atom. The molecule has 2 aromatic rings. The highest BCUT2D eigenvalue weighted by molar-refractivity contribution is 5.93. The summed E-state index contributed by atoms with van der Waals surface area (Å²) in [6.45, 7) is 10.9. The minimum absolute atomic E-state index is 0.0118. The number of esters is 1. The van der Waals surface area contributed by atoms with Crippen LogP contribution in [0.25, 0.3) is 0 Å². The average molecular weight is 697 g/mol. The summed E-state index contributed by atoms with van der Waals surface area (Å²) in [5.74, 6) is -0.768. The molecule has 274 valence electrons. The number of methoxy groups -OCH3 is 1. The Morgan fingerprint density at radius 2 is 1.50 bits per heavy atom. The fourth-order valence-corrected chi connectivity index (χ4v) is 5.34. The standard InChI is InChI=1S/C37H52N4O9/c1-36(2,3)49-31(42)24-40-21-22-41(30(33(40)44)15-11-12-20-38-34(45)50-37(4,5)6)32(43)29(23-26-16-18-28(47-7)19-17-26)39-35(46)48-25-27-13-9-8-10-14-27/h8-10,13-14,16-19,29-30H,11-12,15,20-25H2,1-7H3,(H,38,45)(H,39,46)/t29?,30-/m0/s1. The predicted molar refractivity (Wildman–Crippen MR) is 186 cm³/mol.